The van der Waals surface area contributed by atoms with Crippen LogP contribution in [0.15, 0.2) is 83.3 Å². The monoisotopic (exact) mass is 485 g/mol. The highest BCUT2D eigenvalue weighted by atomic mass is 16.5. The number of anilines is 2. The number of aryl methyl sites for hydroxylation is 1. The Balaban J connectivity index is 1.34. The summed E-state index contributed by atoms with van der Waals surface area (Å²) in [6, 6.07) is 24.3. The lowest BCUT2D eigenvalue weighted by atomic mass is 10.1. The summed E-state index contributed by atoms with van der Waals surface area (Å²) >= 11 is 0. The Morgan fingerprint density at radius 3 is 2.44 bits per heavy atom. The smallest absolute Gasteiger partial charge is 0.327 e. The molecule has 4 aromatic rings. The Morgan fingerprint density at radius 2 is 1.72 bits per heavy atom. The van der Waals surface area contributed by atoms with Crippen LogP contribution in [0.2, 0.25) is 0 Å². The fourth-order valence-electron chi connectivity index (χ4n) is 3.67. The zero-order valence-corrected chi connectivity index (χ0v) is 20.7. The first-order valence-electron chi connectivity index (χ1n) is 12.0. The van der Waals surface area contributed by atoms with Crippen LogP contribution in [-0.2, 0) is 16.0 Å². The van der Waals surface area contributed by atoms with E-state index in [9.17, 15) is 4.79 Å². The molecule has 0 saturated heterocycles. The summed E-state index contributed by atoms with van der Waals surface area (Å²) in [5.74, 6) is 1.50. The molecule has 0 amide bonds. The van der Waals surface area contributed by atoms with Crippen LogP contribution >= 0.6 is 0 Å². The summed E-state index contributed by atoms with van der Waals surface area (Å²) < 4.78 is 17.0. The number of ether oxygens (including phenoxy) is 2. The van der Waals surface area contributed by atoms with E-state index in [1.54, 1.807) is 26.0 Å². The molecule has 0 fully saturated rings. The second-order valence-electron chi connectivity index (χ2n) is 8.72. The Labute approximate surface area is 211 Å². The number of rotatable bonds is 10. The molecule has 7 heteroatoms. The Hall–Kier alpha value is -4.10. The molecule has 4 rings (SSSR count). The molecule has 186 valence electrons. The molecule has 3 N–H and O–H groups in total. The number of aromatic nitrogens is 1. The van der Waals surface area contributed by atoms with Gasteiger partial charge in [0.05, 0.1) is 18.4 Å². The number of nitrogens with one attached hydrogen (secondary N) is 1. The third kappa shape index (κ3) is 6.52. The number of carbonyl (C=O) groups is 1. The molecule has 1 atom stereocenters. The molecule has 1 heterocycles. The molecule has 1 unspecified atom stereocenters. The van der Waals surface area contributed by atoms with Crippen molar-refractivity contribution in [1.29, 1.82) is 0 Å². The lowest BCUT2D eigenvalue weighted by Gasteiger charge is -2.15. The molecule has 0 saturated carbocycles. The number of oxazole rings is 1. The van der Waals surface area contributed by atoms with E-state index in [0.29, 0.717) is 30.2 Å². The van der Waals surface area contributed by atoms with Crippen molar-refractivity contribution >= 4 is 17.3 Å². The van der Waals surface area contributed by atoms with Crippen LogP contribution in [0.1, 0.15) is 36.9 Å². The minimum atomic E-state index is -0.856. The number of para-hydroxylation sites is 1. The van der Waals surface area contributed by atoms with Crippen LogP contribution in [0.3, 0.4) is 0 Å². The van der Waals surface area contributed by atoms with Crippen LogP contribution in [0, 0.1) is 6.92 Å². The highest BCUT2D eigenvalue weighted by Gasteiger charge is 2.19. The number of esters is 1. The van der Waals surface area contributed by atoms with Gasteiger partial charge in [-0.25, -0.2) is 9.78 Å². The molecule has 36 heavy (non-hydrogen) atoms. The number of nitrogens with two attached hydrogens (primary N) is 1. The van der Waals surface area contributed by atoms with Gasteiger partial charge in [0.25, 0.3) is 0 Å². The van der Waals surface area contributed by atoms with Gasteiger partial charge in [0.2, 0.25) is 5.89 Å². The van der Waals surface area contributed by atoms with Crippen LogP contribution in [0.4, 0.5) is 11.4 Å². The van der Waals surface area contributed by atoms with Crippen LogP contribution in [0.25, 0.3) is 11.5 Å². The SMILES string of the molecule is Cc1oc(-c2ccc(Nc3ccccc3)cc2)nc1CCOc1cccc(C(N)C(=O)OC(C)C)c1. The van der Waals surface area contributed by atoms with E-state index >= 15 is 0 Å². The summed E-state index contributed by atoms with van der Waals surface area (Å²) in [7, 11) is 0. The van der Waals surface area contributed by atoms with Crippen molar-refractivity contribution in [2.45, 2.75) is 39.3 Å². The van der Waals surface area contributed by atoms with E-state index in [1.165, 1.54) is 0 Å². The average Bonchev–Trinajstić information content (AvgIpc) is 3.24. The van der Waals surface area contributed by atoms with E-state index in [2.05, 4.69) is 10.3 Å². The molecular weight excluding hydrogens is 454 g/mol. The highest BCUT2D eigenvalue weighted by molar-refractivity contribution is 5.77. The minimum Gasteiger partial charge on any atom is -0.493 e. The lowest BCUT2D eigenvalue weighted by molar-refractivity contribution is -0.149. The molecule has 0 aliphatic heterocycles. The van der Waals surface area contributed by atoms with Crippen LogP contribution < -0.4 is 15.8 Å². The van der Waals surface area contributed by atoms with Crippen molar-refractivity contribution in [2.75, 3.05) is 11.9 Å². The number of carbonyl (C=O) groups excluding carboxylic acids is 1. The summed E-state index contributed by atoms with van der Waals surface area (Å²) in [6.45, 7) is 5.89. The van der Waals surface area contributed by atoms with Crippen molar-refractivity contribution < 1.29 is 18.7 Å². The van der Waals surface area contributed by atoms with Gasteiger partial charge >= 0.3 is 5.97 Å². The van der Waals surface area contributed by atoms with Crippen molar-refractivity contribution in [3.8, 4) is 17.2 Å². The maximum atomic E-state index is 12.1. The number of benzene rings is 3. The van der Waals surface area contributed by atoms with Crippen molar-refractivity contribution in [3.63, 3.8) is 0 Å². The standard InChI is InChI=1S/C29H31N3O4/c1-19(2)35-29(33)27(30)22-8-7-11-25(18-22)34-17-16-26-20(3)36-28(32-26)21-12-14-24(15-13-21)31-23-9-5-4-6-10-23/h4-15,18-19,27,31H,16-17,30H2,1-3H3. The molecule has 3 aromatic carbocycles. The Bertz CT molecular complexity index is 1280. The zero-order chi connectivity index (χ0) is 25.5. The van der Waals surface area contributed by atoms with E-state index in [-0.39, 0.29) is 6.10 Å². The first kappa shape index (κ1) is 25.0. The number of nitrogens with zero attached hydrogens (tertiary/aromatic N) is 1. The molecule has 0 aliphatic carbocycles. The molecule has 0 bridgehead atoms. The zero-order valence-electron chi connectivity index (χ0n) is 20.7. The summed E-state index contributed by atoms with van der Waals surface area (Å²) in [5, 5.41) is 3.37. The normalized spacial score (nSPS) is 11.8. The highest BCUT2D eigenvalue weighted by Crippen LogP contribution is 2.25. The fraction of sp³-hybridized carbons (Fsp3) is 0.241. The van der Waals surface area contributed by atoms with E-state index in [4.69, 9.17) is 19.6 Å². The first-order valence-corrected chi connectivity index (χ1v) is 12.0. The average molecular weight is 486 g/mol. The van der Waals surface area contributed by atoms with Crippen LogP contribution in [-0.4, -0.2) is 23.7 Å². The summed E-state index contributed by atoms with van der Waals surface area (Å²) in [4.78, 5) is 16.8. The number of hydrogen-bond donors (Lipinski definition) is 2. The van der Waals surface area contributed by atoms with Crippen LogP contribution in [0.5, 0.6) is 5.75 Å². The van der Waals surface area contributed by atoms with Gasteiger partial charge < -0.3 is 24.9 Å². The van der Waals surface area contributed by atoms with E-state index < -0.39 is 12.0 Å². The van der Waals surface area contributed by atoms with Crippen molar-refractivity contribution in [1.82, 2.24) is 4.98 Å². The maximum Gasteiger partial charge on any atom is 0.327 e. The predicted octanol–water partition coefficient (Wildman–Crippen LogP) is 5.97. The van der Waals surface area contributed by atoms with E-state index in [0.717, 1.165) is 28.4 Å². The maximum absolute atomic E-state index is 12.1. The van der Waals surface area contributed by atoms with Gasteiger partial charge in [-0.15, -0.1) is 0 Å². The Morgan fingerprint density at radius 1 is 1.00 bits per heavy atom. The quantitative estimate of drug-likeness (QED) is 0.267. The van der Waals surface area contributed by atoms with Gasteiger partial charge in [-0.2, -0.15) is 0 Å². The number of hydrogen-bond acceptors (Lipinski definition) is 7. The lowest BCUT2D eigenvalue weighted by Crippen LogP contribution is -2.26. The largest absolute Gasteiger partial charge is 0.493 e. The second-order valence-corrected chi connectivity index (χ2v) is 8.72. The van der Waals surface area contributed by atoms with Gasteiger partial charge in [-0.1, -0.05) is 30.3 Å². The molecular formula is C29H31N3O4. The third-order valence-corrected chi connectivity index (χ3v) is 5.52. The van der Waals surface area contributed by atoms with Gasteiger partial charge in [-0.05, 0) is 74.9 Å². The molecule has 1 aromatic heterocycles. The van der Waals surface area contributed by atoms with Gasteiger partial charge in [0.1, 0.15) is 17.6 Å². The summed E-state index contributed by atoms with van der Waals surface area (Å²) in [5.41, 5.74) is 10.4. The molecule has 0 aliphatic rings. The third-order valence-electron chi connectivity index (χ3n) is 5.52. The van der Waals surface area contributed by atoms with Gasteiger partial charge in [0.15, 0.2) is 0 Å². The van der Waals surface area contributed by atoms with Gasteiger partial charge in [-0.3, -0.25) is 0 Å². The first-order chi connectivity index (χ1) is 17.4. The minimum absolute atomic E-state index is 0.220. The Kier molecular flexibility index (Phi) is 8.02. The van der Waals surface area contributed by atoms with Gasteiger partial charge in [0, 0.05) is 23.4 Å². The predicted molar refractivity (Wildman–Crippen MR) is 140 cm³/mol. The topological polar surface area (TPSA) is 99.6 Å². The van der Waals surface area contributed by atoms with Crippen molar-refractivity contribution in [3.05, 3.63) is 95.9 Å². The van der Waals surface area contributed by atoms with E-state index in [1.807, 2.05) is 73.7 Å². The molecule has 0 radical (unpaired) electrons. The summed E-state index contributed by atoms with van der Waals surface area (Å²) in [6.07, 6.45) is 0.358. The fourth-order valence-corrected chi connectivity index (χ4v) is 3.67. The second kappa shape index (κ2) is 11.6. The van der Waals surface area contributed by atoms with Crippen molar-refractivity contribution in [2.24, 2.45) is 5.73 Å². The molecule has 0 spiro atoms. The molecule has 7 nitrogen and oxygen atoms in total.